The monoisotopic (exact) mass is 388 g/mol. The number of benzene rings is 2. The van der Waals surface area contributed by atoms with Crippen LogP contribution in [0.15, 0.2) is 42.5 Å². The molecular formula is C19H17FN2O6. The molecule has 1 N–H and O–H groups in total. The second kappa shape index (κ2) is 9.36. The molecule has 0 atom stereocenters. The van der Waals surface area contributed by atoms with Crippen molar-refractivity contribution in [2.75, 3.05) is 11.9 Å². The van der Waals surface area contributed by atoms with Gasteiger partial charge in [0.1, 0.15) is 5.82 Å². The molecule has 146 valence electrons. The molecule has 2 aromatic rings. The maximum atomic E-state index is 12.8. The summed E-state index contributed by atoms with van der Waals surface area (Å²) >= 11 is 0. The van der Waals surface area contributed by atoms with Crippen LogP contribution in [0.5, 0.6) is 0 Å². The summed E-state index contributed by atoms with van der Waals surface area (Å²) in [7, 11) is 0. The lowest BCUT2D eigenvalue weighted by atomic mass is 10.1. The van der Waals surface area contributed by atoms with Gasteiger partial charge in [0.15, 0.2) is 12.4 Å². The number of Topliss-reactive ketones (excluding diaryl/α,β-unsaturated/α-hetero) is 1. The number of nitro groups is 1. The minimum atomic E-state index is -0.749. The number of carbonyl (C=O) groups is 3. The summed E-state index contributed by atoms with van der Waals surface area (Å²) in [5.41, 5.74) is 0.933. The zero-order valence-corrected chi connectivity index (χ0v) is 14.9. The number of amides is 1. The van der Waals surface area contributed by atoms with Gasteiger partial charge in [-0.15, -0.1) is 0 Å². The van der Waals surface area contributed by atoms with Crippen LogP contribution >= 0.6 is 0 Å². The molecular weight excluding hydrogens is 371 g/mol. The topological polar surface area (TPSA) is 116 Å². The van der Waals surface area contributed by atoms with E-state index in [4.69, 9.17) is 4.74 Å². The average molecular weight is 388 g/mol. The number of anilines is 1. The largest absolute Gasteiger partial charge is 0.456 e. The Hall–Kier alpha value is -3.62. The lowest BCUT2D eigenvalue weighted by Crippen LogP contribution is -2.21. The molecule has 8 nitrogen and oxygen atoms in total. The number of non-ortho nitro benzene ring substituents is 1. The highest BCUT2D eigenvalue weighted by Gasteiger charge is 2.14. The fourth-order valence-electron chi connectivity index (χ4n) is 2.26. The van der Waals surface area contributed by atoms with Crippen LogP contribution in [0.25, 0.3) is 0 Å². The minimum absolute atomic E-state index is 0.143. The highest BCUT2D eigenvalue weighted by molar-refractivity contribution is 5.98. The number of nitrogens with one attached hydrogen (secondary N) is 1. The number of esters is 1. The van der Waals surface area contributed by atoms with Crippen LogP contribution in [0.3, 0.4) is 0 Å². The Morgan fingerprint density at radius 2 is 1.79 bits per heavy atom. The summed E-state index contributed by atoms with van der Waals surface area (Å²) in [5, 5.41) is 13.2. The molecule has 2 rings (SSSR count). The fraction of sp³-hybridized carbons (Fsp3) is 0.211. The van der Waals surface area contributed by atoms with Crippen molar-refractivity contribution in [3.63, 3.8) is 0 Å². The van der Waals surface area contributed by atoms with E-state index < -0.39 is 29.2 Å². The van der Waals surface area contributed by atoms with Crippen LogP contribution in [0, 0.1) is 22.9 Å². The highest BCUT2D eigenvalue weighted by Crippen LogP contribution is 2.21. The third-order valence-corrected chi connectivity index (χ3v) is 3.79. The summed E-state index contributed by atoms with van der Waals surface area (Å²) in [6.07, 6.45) is -0.380. The number of halogens is 1. The van der Waals surface area contributed by atoms with E-state index in [1.807, 2.05) is 0 Å². The molecule has 28 heavy (non-hydrogen) atoms. The summed E-state index contributed by atoms with van der Waals surface area (Å²) in [4.78, 5) is 45.7. The van der Waals surface area contributed by atoms with Crippen molar-refractivity contribution in [3.8, 4) is 0 Å². The van der Waals surface area contributed by atoms with Crippen LogP contribution in [0.4, 0.5) is 15.8 Å². The number of rotatable bonds is 8. The number of nitro benzene ring substituents is 1. The number of hydrogen-bond donors (Lipinski definition) is 1. The molecule has 0 unspecified atom stereocenters. The first-order valence-corrected chi connectivity index (χ1v) is 8.25. The van der Waals surface area contributed by atoms with Gasteiger partial charge in [0.2, 0.25) is 0 Å². The van der Waals surface area contributed by atoms with Gasteiger partial charge in [-0.05, 0) is 36.8 Å². The Kier molecular flexibility index (Phi) is 6.91. The van der Waals surface area contributed by atoms with Gasteiger partial charge in [-0.3, -0.25) is 24.5 Å². The normalized spacial score (nSPS) is 10.2. The van der Waals surface area contributed by atoms with Crippen molar-refractivity contribution < 1.29 is 28.4 Å². The van der Waals surface area contributed by atoms with Crippen molar-refractivity contribution in [1.29, 1.82) is 0 Å². The van der Waals surface area contributed by atoms with Gasteiger partial charge in [0.25, 0.3) is 11.6 Å². The molecule has 0 saturated heterocycles. The summed E-state index contributed by atoms with van der Waals surface area (Å²) in [5.74, 6) is -2.24. The van der Waals surface area contributed by atoms with Gasteiger partial charge in [-0.25, -0.2) is 4.39 Å². The zero-order chi connectivity index (χ0) is 20.7. The molecule has 0 spiro atoms. The van der Waals surface area contributed by atoms with Crippen molar-refractivity contribution >= 4 is 29.0 Å². The van der Waals surface area contributed by atoms with Gasteiger partial charge in [0.05, 0.1) is 17.0 Å². The van der Waals surface area contributed by atoms with E-state index >= 15 is 0 Å². The number of ketones is 1. The SMILES string of the molecule is Cc1ccc([N+](=O)[O-])cc1NC(=O)COC(=O)CCC(=O)c1ccc(F)cc1. The molecule has 0 aliphatic rings. The van der Waals surface area contributed by atoms with E-state index in [1.54, 1.807) is 6.92 Å². The van der Waals surface area contributed by atoms with Crippen LogP contribution < -0.4 is 5.32 Å². The van der Waals surface area contributed by atoms with E-state index in [0.29, 0.717) is 5.56 Å². The first-order valence-electron chi connectivity index (χ1n) is 8.25. The molecule has 0 aliphatic heterocycles. The molecule has 0 fully saturated rings. The third kappa shape index (κ3) is 5.97. The first kappa shape index (κ1) is 20.7. The third-order valence-electron chi connectivity index (χ3n) is 3.79. The lowest BCUT2D eigenvalue weighted by molar-refractivity contribution is -0.384. The standard InChI is InChI=1S/C19H17FN2O6/c1-12-2-7-15(22(26)27)10-16(12)21-18(24)11-28-19(25)9-8-17(23)13-3-5-14(20)6-4-13/h2-7,10H,8-9,11H2,1H3,(H,21,24). The number of aryl methyl sites for hydroxylation is 1. The highest BCUT2D eigenvalue weighted by atomic mass is 19.1. The van der Waals surface area contributed by atoms with Crippen molar-refractivity contribution in [1.82, 2.24) is 0 Å². The molecule has 0 radical (unpaired) electrons. The summed E-state index contributed by atoms with van der Waals surface area (Å²) < 4.78 is 17.6. The van der Waals surface area contributed by atoms with Gasteiger partial charge >= 0.3 is 5.97 Å². The second-order valence-corrected chi connectivity index (χ2v) is 5.90. The van der Waals surface area contributed by atoms with E-state index in [-0.39, 0.29) is 35.6 Å². The quantitative estimate of drug-likeness (QED) is 0.321. The maximum absolute atomic E-state index is 12.8. The van der Waals surface area contributed by atoms with Crippen LogP contribution in [0.1, 0.15) is 28.8 Å². The van der Waals surface area contributed by atoms with E-state index in [1.165, 1.54) is 30.3 Å². The molecule has 0 aliphatic carbocycles. The number of carbonyl (C=O) groups excluding carboxylic acids is 3. The van der Waals surface area contributed by atoms with Gasteiger partial charge in [-0.2, -0.15) is 0 Å². The van der Waals surface area contributed by atoms with Crippen molar-refractivity contribution in [2.24, 2.45) is 0 Å². The van der Waals surface area contributed by atoms with Crippen molar-refractivity contribution in [3.05, 3.63) is 69.5 Å². The summed E-state index contributed by atoms with van der Waals surface area (Å²) in [6.45, 7) is 1.07. The Morgan fingerprint density at radius 3 is 2.43 bits per heavy atom. The van der Waals surface area contributed by atoms with Crippen LogP contribution in [-0.4, -0.2) is 29.2 Å². The van der Waals surface area contributed by atoms with Gasteiger partial charge in [0, 0.05) is 24.1 Å². The number of hydrogen-bond acceptors (Lipinski definition) is 6. The predicted molar refractivity (Wildman–Crippen MR) is 97.4 cm³/mol. The Morgan fingerprint density at radius 1 is 1.11 bits per heavy atom. The van der Waals surface area contributed by atoms with E-state index in [2.05, 4.69) is 5.32 Å². The van der Waals surface area contributed by atoms with Gasteiger partial charge in [-0.1, -0.05) is 6.07 Å². The van der Waals surface area contributed by atoms with Gasteiger partial charge < -0.3 is 10.1 Å². The average Bonchev–Trinajstić information content (AvgIpc) is 2.66. The molecule has 0 heterocycles. The fourth-order valence-corrected chi connectivity index (χ4v) is 2.26. The van der Waals surface area contributed by atoms with Crippen molar-refractivity contribution in [2.45, 2.75) is 19.8 Å². The Bertz CT molecular complexity index is 911. The number of nitrogens with zero attached hydrogens (tertiary/aromatic N) is 1. The molecule has 9 heteroatoms. The molecule has 1 amide bonds. The minimum Gasteiger partial charge on any atom is -0.456 e. The summed E-state index contributed by atoms with van der Waals surface area (Å²) in [6, 6.07) is 8.92. The molecule has 0 bridgehead atoms. The lowest BCUT2D eigenvalue weighted by Gasteiger charge is -2.09. The molecule has 0 aromatic heterocycles. The Labute approximate surface area is 159 Å². The molecule has 0 saturated carbocycles. The van der Waals surface area contributed by atoms with Crippen LogP contribution in [-0.2, 0) is 14.3 Å². The van der Waals surface area contributed by atoms with E-state index in [0.717, 1.165) is 12.1 Å². The second-order valence-electron chi connectivity index (χ2n) is 5.90. The first-order chi connectivity index (χ1) is 13.3. The van der Waals surface area contributed by atoms with Crippen LogP contribution in [0.2, 0.25) is 0 Å². The smallest absolute Gasteiger partial charge is 0.306 e. The Balaban J connectivity index is 1.80. The molecule has 2 aromatic carbocycles. The maximum Gasteiger partial charge on any atom is 0.306 e. The zero-order valence-electron chi connectivity index (χ0n) is 14.9. The van der Waals surface area contributed by atoms with E-state index in [9.17, 15) is 28.9 Å². The predicted octanol–water partition coefficient (Wildman–Crippen LogP) is 3.19. The number of ether oxygens (including phenoxy) is 1.